The molecule has 21 heavy (non-hydrogen) atoms. The second kappa shape index (κ2) is 7.33. The topological polar surface area (TPSA) is 20.2 Å². The van der Waals surface area contributed by atoms with Crippen molar-refractivity contribution in [1.82, 2.24) is 0 Å². The molecule has 1 aliphatic heterocycles. The monoisotopic (exact) mass is 302 g/mol. The van der Waals surface area contributed by atoms with Crippen molar-refractivity contribution in [2.75, 3.05) is 0 Å². The number of aliphatic hydroxyl groups is 1. The van der Waals surface area contributed by atoms with Crippen LogP contribution in [-0.4, -0.2) is 5.11 Å². The predicted molar refractivity (Wildman–Crippen MR) is 92.8 cm³/mol. The lowest BCUT2D eigenvalue weighted by Crippen LogP contribution is -2.13. The Balaban J connectivity index is 0.000000774. The van der Waals surface area contributed by atoms with Crippen LogP contribution in [0.1, 0.15) is 63.3 Å². The lowest BCUT2D eigenvalue weighted by atomic mass is 9.92. The number of hydrogen-bond donors (Lipinski definition) is 1. The van der Waals surface area contributed by atoms with E-state index in [1.54, 1.807) is 0 Å². The molecule has 0 radical (unpaired) electrons. The molecule has 0 saturated heterocycles. The molecule has 3 rings (SSSR count). The van der Waals surface area contributed by atoms with E-state index in [1.807, 2.05) is 25.6 Å². The van der Waals surface area contributed by atoms with Crippen molar-refractivity contribution in [3.8, 4) is 0 Å². The fourth-order valence-electron chi connectivity index (χ4n) is 2.87. The Morgan fingerprint density at radius 3 is 2.48 bits per heavy atom. The van der Waals surface area contributed by atoms with Crippen LogP contribution in [0.5, 0.6) is 0 Å². The Hall–Kier alpha value is -0.990. The Kier molecular flexibility index (Phi) is 5.72. The van der Waals surface area contributed by atoms with E-state index in [9.17, 15) is 5.11 Å². The van der Waals surface area contributed by atoms with E-state index in [4.69, 9.17) is 0 Å². The molecule has 0 amide bonds. The summed E-state index contributed by atoms with van der Waals surface area (Å²) in [7, 11) is 0. The van der Waals surface area contributed by atoms with Gasteiger partial charge < -0.3 is 5.11 Å². The van der Waals surface area contributed by atoms with Gasteiger partial charge in [-0.1, -0.05) is 63.7 Å². The number of fused-ring (bicyclic) bond motifs is 2. The lowest BCUT2D eigenvalue weighted by molar-refractivity contribution is 0.214. The average Bonchev–Trinajstić information content (AvgIpc) is 2.56. The van der Waals surface area contributed by atoms with Crippen molar-refractivity contribution >= 4 is 11.8 Å². The molecule has 2 heteroatoms. The van der Waals surface area contributed by atoms with E-state index in [0.29, 0.717) is 0 Å². The van der Waals surface area contributed by atoms with Crippen LogP contribution in [0.25, 0.3) is 0 Å². The van der Waals surface area contributed by atoms with Gasteiger partial charge in [0.15, 0.2) is 0 Å². The summed E-state index contributed by atoms with van der Waals surface area (Å²) in [6, 6.07) is 4.50. The van der Waals surface area contributed by atoms with E-state index < -0.39 is 6.10 Å². The first-order valence-electron chi connectivity index (χ1n) is 8.16. The summed E-state index contributed by atoms with van der Waals surface area (Å²) in [6.45, 7) is 8.37. The largest absolute Gasteiger partial charge is 0.384 e. The number of hydrogen-bond acceptors (Lipinski definition) is 2. The first-order valence-corrected chi connectivity index (χ1v) is 8.98. The molecule has 1 aromatic rings. The molecule has 1 unspecified atom stereocenters. The molecule has 1 heterocycles. The second-order valence-electron chi connectivity index (χ2n) is 5.19. The third-order valence-corrected chi connectivity index (χ3v) is 5.31. The molecule has 1 aliphatic carbocycles. The van der Waals surface area contributed by atoms with Crippen LogP contribution in [0.3, 0.4) is 0 Å². The number of rotatable bonds is 2. The van der Waals surface area contributed by atoms with Crippen LogP contribution in [0.15, 0.2) is 39.7 Å². The summed E-state index contributed by atoms with van der Waals surface area (Å²) in [5, 5.41) is 10.7. The first-order chi connectivity index (χ1) is 10.2. The second-order valence-corrected chi connectivity index (χ2v) is 6.24. The molecular weight excluding hydrogens is 276 g/mol. The summed E-state index contributed by atoms with van der Waals surface area (Å²) in [5.41, 5.74) is 4.95. The summed E-state index contributed by atoms with van der Waals surface area (Å²) in [4.78, 5) is 2.56. The molecule has 2 aliphatic rings. The summed E-state index contributed by atoms with van der Waals surface area (Å²) < 4.78 is 0. The van der Waals surface area contributed by atoms with Gasteiger partial charge in [-0.15, -0.1) is 0 Å². The van der Waals surface area contributed by atoms with Gasteiger partial charge in [-0.2, -0.15) is 0 Å². The van der Waals surface area contributed by atoms with E-state index in [2.05, 4.69) is 38.1 Å². The van der Waals surface area contributed by atoms with Crippen LogP contribution < -0.4 is 0 Å². The molecule has 1 nitrogen and oxygen atoms in total. The SMILES string of the molecule is CC.CCc1cc(CC)c2c(c1)C(O)C1=CCCC=C1S2. The molecule has 0 bridgehead atoms. The van der Waals surface area contributed by atoms with Crippen LogP contribution >= 0.6 is 11.8 Å². The summed E-state index contributed by atoms with van der Waals surface area (Å²) in [6.07, 6.45) is 8.27. The fraction of sp³-hybridized carbons (Fsp3) is 0.474. The van der Waals surface area contributed by atoms with E-state index in [1.165, 1.54) is 20.9 Å². The normalized spacial score (nSPS) is 19.6. The predicted octanol–water partition coefficient (Wildman–Crippen LogP) is 5.58. The van der Waals surface area contributed by atoms with Crippen molar-refractivity contribution in [1.29, 1.82) is 0 Å². The number of allylic oxidation sites excluding steroid dienone is 2. The number of benzene rings is 1. The van der Waals surface area contributed by atoms with Gasteiger partial charge in [0.05, 0.1) is 0 Å². The highest BCUT2D eigenvalue weighted by molar-refractivity contribution is 8.03. The standard InChI is InChI=1S/C17H20OS.C2H6/c1-3-11-9-12(4-2)17-14(10-11)16(18)13-7-5-6-8-15(13)19-17;1-2/h7-10,16,18H,3-6H2,1-2H3;1-2H3. The fourth-order valence-corrected chi connectivity index (χ4v) is 4.23. The van der Waals surface area contributed by atoms with Gasteiger partial charge in [0.2, 0.25) is 0 Å². The zero-order valence-corrected chi connectivity index (χ0v) is 14.4. The van der Waals surface area contributed by atoms with Gasteiger partial charge in [-0.3, -0.25) is 0 Å². The minimum atomic E-state index is -0.431. The molecule has 0 saturated carbocycles. The number of aryl methyl sites for hydroxylation is 2. The maximum atomic E-state index is 10.7. The van der Waals surface area contributed by atoms with Gasteiger partial charge >= 0.3 is 0 Å². The van der Waals surface area contributed by atoms with Crippen molar-refractivity contribution < 1.29 is 5.11 Å². The first kappa shape index (κ1) is 16.4. The lowest BCUT2D eigenvalue weighted by Gasteiger charge is -2.30. The average molecular weight is 302 g/mol. The highest BCUT2D eigenvalue weighted by Gasteiger charge is 2.29. The van der Waals surface area contributed by atoms with E-state index >= 15 is 0 Å². The number of thioether (sulfide) groups is 1. The third kappa shape index (κ3) is 3.12. The Morgan fingerprint density at radius 2 is 1.81 bits per heavy atom. The van der Waals surface area contributed by atoms with Crippen LogP contribution in [0, 0.1) is 0 Å². The van der Waals surface area contributed by atoms with Gasteiger partial charge in [-0.25, -0.2) is 0 Å². The highest BCUT2D eigenvalue weighted by Crippen LogP contribution is 2.50. The maximum Gasteiger partial charge on any atom is 0.106 e. The molecule has 1 atom stereocenters. The van der Waals surface area contributed by atoms with Gasteiger partial charge in [0, 0.05) is 9.80 Å². The molecule has 0 fully saturated rings. The zero-order chi connectivity index (χ0) is 15.4. The smallest absolute Gasteiger partial charge is 0.106 e. The van der Waals surface area contributed by atoms with Crippen LogP contribution in [0.2, 0.25) is 0 Å². The Labute approximate surface area is 133 Å². The maximum absolute atomic E-state index is 10.7. The summed E-state index contributed by atoms with van der Waals surface area (Å²) >= 11 is 1.85. The van der Waals surface area contributed by atoms with Crippen molar-refractivity contribution in [3.63, 3.8) is 0 Å². The Morgan fingerprint density at radius 1 is 1.10 bits per heavy atom. The summed E-state index contributed by atoms with van der Waals surface area (Å²) in [5.74, 6) is 0. The number of aliphatic hydroxyl groups excluding tert-OH is 1. The van der Waals surface area contributed by atoms with Crippen LogP contribution in [0.4, 0.5) is 0 Å². The van der Waals surface area contributed by atoms with Crippen molar-refractivity contribution in [2.45, 2.75) is 64.4 Å². The molecule has 1 N–H and O–H groups in total. The van der Waals surface area contributed by atoms with Crippen molar-refractivity contribution in [2.24, 2.45) is 0 Å². The van der Waals surface area contributed by atoms with E-state index in [0.717, 1.165) is 36.8 Å². The van der Waals surface area contributed by atoms with Gasteiger partial charge in [0.1, 0.15) is 6.10 Å². The van der Waals surface area contributed by atoms with Gasteiger partial charge in [-0.05, 0) is 47.9 Å². The molecule has 114 valence electrons. The molecule has 1 aromatic carbocycles. The van der Waals surface area contributed by atoms with Gasteiger partial charge in [0.25, 0.3) is 0 Å². The van der Waals surface area contributed by atoms with Crippen LogP contribution in [-0.2, 0) is 12.8 Å². The molecule has 0 spiro atoms. The zero-order valence-electron chi connectivity index (χ0n) is 13.6. The minimum absolute atomic E-state index is 0.431. The molecular formula is C19H26OS. The molecule has 0 aromatic heterocycles. The highest BCUT2D eigenvalue weighted by atomic mass is 32.2. The quantitative estimate of drug-likeness (QED) is 0.769. The minimum Gasteiger partial charge on any atom is -0.384 e. The van der Waals surface area contributed by atoms with E-state index in [-0.39, 0.29) is 0 Å². The Bertz CT molecular complexity index is 569. The van der Waals surface area contributed by atoms with Crippen molar-refractivity contribution in [3.05, 3.63) is 51.5 Å². The third-order valence-electron chi connectivity index (χ3n) is 3.99.